The molecule has 1 unspecified atom stereocenters. The van der Waals surface area contributed by atoms with Crippen molar-refractivity contribution >= 4 is 27.3 Å². The van der Waals surface area contributed by atoms with Gasteiger partial charge >= 0.3 is 0 Å². The summed E-state index contributed by atoms with van der Waals surface area (Å²) in [6.45, 7) is 4.98. The SMILES string of the molecule is CN(CCc1cc(Br)cs1)CCC1COCCN1. The maximum atomic E-state index is 5.46. The molecule has 1 saturated heterocycles. The van der Waals surface area contributed by atoms with Gasteiger partial charge in [-0.15, -0.1) is 11.3 Å². The number of likely N-dealkylation sites (N-methyl/N-ethyl adjacent to an activating group) is 1. The third kappa shape index (κ3) is 4.97. The highest BCUT2D eigenvalue weighted by atomic mass is 79.9. The molecule has 2 rings (SSSR count). The van der Waals surface area contributed by atoms with Crippen molar-refractivity contribution in [3.8, 4) is 0 Å². The molecule has 0 spiro atoms. The van der Waals surface area contributed by atoms with E-state index >= 15 is 0 Å². The Kier molecular flexibility index (Phi) is 6.11. The molecule has 1 aromatic heterocycles. The zero-order valence-electron chi connectivity index (χ0n) is 10.8. The van der Waals surface area contributed by atoms with Crippen LogP contribution in [0.2, 0.25) is 0 Å². The maximum absolute atomic E-state index is 5.46. The molecule has 0 bridgehead atoms. The molecule has 1 aliphatic rings. The van der Waals surface area contributed by atoms with Crippen molar-refractivity contribution in [2.75, 3.05) is 39.9 Å². The molecule has 2 heterocycles. The Morgan fingerprint density at radius 2 is 2.44 bits per heavy atom. The third-order valence-corrected chi connectivity index (χ3v) is 4.98. The first-order valence-corrected chi connectivity index (χ1v) is 8.14. The minimum absolute atomic E-state index is 0.539. The minimum atomic E-state index is 0.539. The van der Waals surface area contributed by atoms with Gasteiger partial charge in [0.25, 0.3) is 0 Å². The Hall–Kier alpha value is 0.0600. The summed E-state index contributed by atoms with van der Waals surface area (Å²) in [4.78, 5) is 3.86. The largest absolute Gasteiger partial charge is 0.379 e. The quantitative estimate of drug-likeness (QED) is 0.865. The highest BCUT2D eigenvalue weighted by Crippen LogP contribution is 2.20. The number of nitrogens with one attached hydrogen (secondary N) is 1. The molecular formula is C13H21BrN2OS. The van der Waals surface area contributed by atoms with Crippen LogP contribution >= 0.6 is 27.3 Å². The molecule has 1 N–H and O–H groups in total. The van der Waals surface area contributed by atoms with Crippen molar-refractivity contribution in [3.05, 3.63) is 20.8 Å². The van der Waals surface area contributed by atoms with E-state index in [0.29, 0.717) is 6.04 Å². The van der Waals surface area contributed by atoms with Crippen LogP contribution in [-0.4, -0.2) is 50.8 Å². The first-order chi connectivity index (χ1) is 8.74. The summed E-state index contributed by atoms with van der Waals surface area (Å²) < 4.78 is 6.66. The van der Waals surface area contributed by atoms with E-state index in [1.807, 2.05) is 11.3 Å². The predicted molar refractivity (Wildman–Crippen MR) is 80.4 cm³/mol. The number of ether oxygens (including phenoxy) is 1. The number of hydrogen-bond acceptors (Lipinski definition) is 4. The summed E-state index contributed by atoms with van der Waals surface area (Å²) in [5.74, 6) is 0. The fourth-order valence-corrected chi connectivity index (χ4v) is 3.52. The monoisotopic (exact) mass is 332 g/mol. The number of nitrogens with zero attached hydrogens (tertiary/aromatic N) is 1. The van der Waals surface area contributed by atoms with Gasteiger partial charge in [-0.3, -0.25) is 0 Å². The molecule has 18 heavy (non-hydrogen) atoms. The van der Waals surface area contributed by atoms with E-state index in [4.69, 9.17) is 4.74 Å². The smallest absolute Gasteiger partial charge is 0.0620 e. The number of halogens is 1. The molecule has 0 amide bonds. The van der Waals surface area contributed by atoms with Crippen LogP contribution in [-0.2, 0) is 11.2 Å². The van der Waals surface area contributed by atoms with Gasteiger partial charge in [-0.1, -0.05) is 0 Å². The molecule has 1 aliphatic heterocycles. The standard InChI is InChI=1S/C13H21BrN2OS/c1-16(5-2-12-9-17-7-4-15-12)6-3-13-8-11(14)10-18-13/h8,10,12,15H,2-7,9H2,1H3. The van der Waals surface area contributed by atoms with Crippen molar-refractivity contribution in [3.63, 3.8) is 0 Å². The average molecular weight is 333 g/mol. The first-order valence-electron chi connectivity index (χ1n) is 6.46. The fourth-order valence-electron chi connectivity index (χ4n) is 2.08. The molecule has 5 heteroatoms. The van der Waals surface area contributed by atoms with E-state index in [0.717, 1.165) is 39.3 Å². The zero-order valence-corrected chi connectivity index (χ0v) is 13.2. The van der Waals surface area contributed by atoms with E-state index < -0.39 is 0 Å². The Balaban J connectivity index is 1.61. The molecule has 0 radical (unpaired) electrons. The highest BCUT2D eigenvalue weighted by molar-refractivity contribution is 9.10. The van der Waals surface area contributed by atoms with Crippen molar-refractivity contribution in [1.82, 2.24) is 10.2 Å². The van der Waals surface area contributed by atoms with Crippen LogP contribution in [0, 0.1) is 0 Å². The van der Waals surface area contributed by atoms with E-state index in [1.165, 1.54) is 15.8 Å². The van der Waals surface area contributed by atoms with Gasteiger partial charge in [0, 0.05) is 33.9 Å². The van der Waals surface area contributed by atoms with Gasteiger partial charge in [0.1, 0.15) is 0 Å². The van der Waals surface area contributed by atoms with E-state index in [1.54, 1.807) is 0 Å². The van der Waals surface area contributed by atoms with Gasteiger partial charge in [-0.25, -0.2) is 0 Å². The van der Waals surface area contributed by atoms with Crippen LogP contribution in [0.4, 0.5) is 0 Å². The highest BCUT2D eigenvalue weighted by Gasteiger charge is 2.13. The van der Waals surface area contributed by atoms with Crippen molar-refractivity contribution < 1.29 is 4.74 Å². The number of hydrogen-bond donors (Lipinski definition) is 1. The second-order valence-corrected chi connectivity index (χ2v) is 6.71. The van der Waals surface area contributed by atoms with E-state index in [-0.39, 0.29) is 0 Å². The zero-order chi connectivity index (χ0) is 12.8. The predicted octanol–water partition coefficient (Wildman–Crippen LogP) is 2.36. The second kappa shape index (κ2) is 7.60. The average Bonchev–Trinajstić information content (AvgIpc) is 2.81. The molecule has 0 aliphatic carbocycles. The molecule has 1 atom stereocenters. The molecule has 0 saturated carbocycles. The van der Waals surface area contributed by atoms with Crippen LogP contribution in [0.15, 0.2) is 15.9 Å². The van der Waals surface area contributed by atoms with Gasteiger partial charge in [0.15, 0.2) is 0 Å². The minimum Gasteiger partial charge on any atom is -0.379 e. The summed E-state index contributed by atoms with van der Waals surface area (Å²) in [5.41, 5.74) is 0. The van der Waals surface area contributed by atoms with Crippen LogP contribution in [0.5, 0.6) is 0 Å². The van der Waals surface area contributed by atoms with Crippen molar-refractivity contribution in [2.45, 2.75) is 18.9 Å². The molecule has 1 aromatic rings. The normalized spacial score (nSPS) is 20.5. The van der Waals surface area contributed by atoms with Gasteiger partial charge < -0.3 is 15.0 Å². The number of thiophene rings is 1. The summed E-state index contributed by atoms with van der Waals surface area (Å²) in [7, 11) is 2.20. The topological polar surface area (TPSA) is 24.5 Å². The summed E-state index contributed by atoms with van der Waals surface area (Å²) >= 11 is 5.33. The van der Waals surface area contributed by atoms with Crippen LogP contribution in [0.1, 0.15) is 11.3 Å². The lowest BCUT2D eigenvalue weighted by molar-refractivity contribution is 0.0711. The van der Waals surface area contributed by atoms with Gasteiger partial charge in [0.2, 0.25) is 0 Å². The van der Waals surface area contributed by atoms with E-state index in [9.17, 15) is 0 Å². The second-order valence-electron chi connectivity index (χ2n) is 4.80. The lowest BCUT2D eigenvalue weighted by atomic mass is 10.2. The molecular weight excluding hydrogens is 312 g/mol. The van der Waals surface area contributed by atoms with Crippen molar-refractivity contribution in [1.29, 1.82) is 0 Å². The summed E-state index contributed by atoms with van der Waals surface area (Å²) in [5, 5.41) is 5.65. The molecule has 102 valence electrons. The molecule has 1 fully saturated rings. The first kappa shape index (κ1) is 14.5. The molecule has 0 aromatic carbocycles. The van der Waals surface area contributed by atoms with Gasteiger partial charge in [-0.05, 0) is 48.4 Å². The lowest BCUT2D eigenvalue weighted by Crippen LogP contribution is -2.43. The molecule has 3 nitrogen and oxygen atoms in total. The third-order valence-electron chi connectivity index (χ3n) is 3.22. The lowest BCUT2D eigenvalue weighted by Gasteiger charge is -2.26. The van der Waals surface area contributed by atoms with Crippen LogP contribution in [0.25, 0.3) is 0 Å². The number of rotatable bonds is 6. The summed E-state index contributed by atoms with van der Waals surface area (Å²) in [6, 6.07) is 2.76. The Bertz CT molecular complexity index is 353. The van der Waals surface area contributed by atoms with Gasteiger partial charge in [-0.2, -0.15) is 0 Å². The Morgan fingerprint density at radius 1 is 1.56 bits per heavy atom. The maximum Gasteiger partial charge on any atom is 0.0620 e. The fraction of sp³-hybridized carbons (Fsp3) is 0.692. The van der Waals surface area contributed by atoms with Crippen molar-refractivity contribution in [2.24, 2.45) is 0 Å². The van der Waals surface area contributed by atoms with Crippen LogP contribution < -0.4 is 5.32 Å². The Labute approximate surface area is 122 Å². The number of morpholine rings is 1. The summed E-state index contributed by atoms with van der Waals surface area (Å²) in [6.07, 6.45) is 2.31. The van der Waals surface area contributed by atoms with E-state index in [2.05, 4.69) is 44.6 Å². The van der Waals surface area contributed by atoms with Gasteiger partial charge in [0.05, 0.1) is 13.2 Å². The van der Waals surface area contributed by atoms with Crippen LogP contribution in [0.3, 0.4) is 0 Å². The Morgan fingerprint density at radius 3 is 3.11 bits per heavy atom.